The molecule has 5 heteroatoms. The Balaban J connectivity index is 2.96. The number of esters is 1. The predicted octanol–water partition coefficient (Wildman–Crippen LogP) is 0.852. The summed E-state index contributed by atoms with van der Waals surface area (Å²) in [6, 6.07) is 0. The number of hydrogen-bond acceptors (Lipinski definition) is 4. The van der Waals surface area contributed by atoms with Gasteiger partial charge in [0.15, 0.2) is 0 Å². The van der Waals surface area contributed by atoms with Crippen molar-refractivity contribution in [2.45, 2.75) is 44.2 Å². The van der Waals surface area contributed by atoms with Crippen LogP contribution < -0.4 is 0 Å². The number of methoxy groups -OCH3 is 1. The lowest BCUT2D eigenvalue weighted by Gasteiger charge is -2.29. The molecular formula is C13H20O4Si. The molecule has 0 fully saturated rings. The minimum absolute atomic E-state index is 0.105. The van der Waals surface area contributed by atoms with Gasteiger partial charge >= 0.3 is 5.97 Å². The van der Waals surface area contributed by atoms with Crippen molar-refractivity contribution in [1.29, 1.82) is 0 Å². The summed E-state index contributed by atoms with van der Waals surface area (Å²) in [5.41, 5.74) is 2.02. The quantitative estimate of drug-likeness (QED) is 0.420. The predicted molar refractivity (Wildman–Crippen MR) is 71.4 cm³/mol. The van der Waals surface area contributed by atoms with Crippen LogP contribution in [0.3, 0.4) is 0 Å². The summed E-state index contributed by atoms with van der Waals surface area (Å²) in [7, 11) is -0.331. The van der Waals surface area contributed by atoms with Crippen molar-refractivity contribution >= 4 is 14.0 Å². The zero-order valence-corrected chi connectivity index (χ0v) is 12.3. The van der Waals surface area contributed by atoms with E-state index in [1.807, 2.05) is 0 Å². The summed E-state index contributed by atoms with van der Waals surface area (Å²) in [6.07, 6.45) is 0.796. The molecule has 0 aromatic carbocycles. The summed E-state index contributed by atoms with van der Waals surface area (Å²) in [6.45, 7) is 6.21. The average Bonchev–Trinajstić information content (AvgIpc) is 2.23. The Bertz CT molecular complexity index is 424. The van der Waals surface area contributed by atoms with Crippen molar-refractivity contribution in [3.05, 3.63) is 11.6 Å². The first kappa shape index (κ1) is 15.0. The van der Waals surface area contributed by atoms with Gasteiger partial charge in [-0.3, -0.25) is 0 Å². The van der Waals surface area contributed by atoms with Crippen LogP contribution in [-0.4, -0.2) is 43.1 Å². The number of aliphatic hydroxyl groups excluding tert-OH is 1. The first-order valence-corrected chi connectivity index (χ1v) is 9.39. The van der Waals surface area contributed by atoms with Crippen molar-refractivity contribution in [2.75, 3.05) is 7.11 Å². The summed E-state index contributed by atoms with van der Waals surface area (Å²) in [5, 5.41) is 20.0. The lowest BCUT2D eigenvalue weighted by molar-refractivity contribution is -0.137. The molecule has 1 aliphatic carbocycles. The van der Waals surface area contributed by atoms with E-state index in [1.165, 1.54) is 13.2 Å². The molecule has 0 aromatic rings. The van der Waals surface area contributed by atoms with Gasteiger partial charge in [-0.15, -0.1) is 5.54 Å². The van der Waals surface area contributed by atoms with Crippen molar-refractivity contribution in [3.8, 4) is 11.5 Å². The van der Waals surface area contributed by atoms with E-state index in [-0.39, 0.29) is 18.4 Å². The van der Waals surface area contributed by atoms with Gasteiger partial charge in [-0.05, 0) is 6.08 Å². The van der Waals surface area contributed by atoms with Crippen LogP contribution in [0.2, 0.25) is 19.6 Å². The third kappa shape index (κ3) is 4.30. The van der Waals surface area contributed by atoms with Crippen LogP contribution in [0, 0.1) is 11.5 Å². The van der Waals surface area contributed by atoms with Crippen molar-refractivity contribution < 1.29 is 19.7 Å². The number of carbonyl (C=O) groups is 1. The number of ether oxygens (including phenoxy) is 1. The molecule has 2 N–H and O–H groups in total. The van der Waals surface area contributed by atoms with E-state index in [4.69, 9.17) is 0 Å². The van der Waals surface area contributed by atoms with Gasteiger partial charge < -0.3 is 14.9 Å². The molecule has 0 radical (unpaired) electrons. The number of aliphatic hydroxyl groups is 2. The maximum absolute atomic E-state index is 11.4. The van der Waals surface area contributed by atoms with E-state index in [1.54, 1.807) is 0 Å². The fourth-order valence-electron chi connectivity index (χ4n) is 1.75. The molecule has 0 aliphatic heterocycles. The van der Waals surface area contributed by atoms with Crippen LogP contribution in [0.1, 0.15) is 12.8 Å². The zero-order chi connectivity index (χ0) is 14.0. The molecule has 0 spiro atoms. The molecule has 0 amide bonds. The Morgan fingerprint density at radius 3 is 2.67 bits per heavy atom. The van der Waals surface area contributed by atoms with E-state index in [0.29, 0.717) is 0 Å². The molecule has 1 rings (SSSR count). The highest BCUT2D eigenvalue weighted by molar-refractivity contribution is 6.83. The highest BCUT2D eigenvalue weighted by Gasteiger charge is 2.35. The van der Waals surface area contributed by atoms with E-state index < -0.39 is 25.7 Å². The molecule has 100 valence electrons. The van der Waals surface area contributed by atoms with Crippen LogP contribution in [-0.2, 0) is 9.53 Å². The third-order valence-electron chi connectivity index (χ3n) is 2.54. The van der Waals surface area contributed by atoms with Crippen LogP contribution in [0.15, 0.2) is 11.6 Å². The first-order chi connectivity index (χ1) is 8.15. The van der Waals surface area contributed by atoms with Gasteiger partial charge in [0.25, 0.3) is 0 Å². The summed E-state index contributed by atoms with van der Waals surface area (Å²) >= 11 is 0. The fraction of sp³-hybridized carbons (Fsp3) is 0.615. The smallest absolute Gasteiger partial charge is 0.333 e. The van der Waals surface area contributed by atoms with E-state index in [2.05, 4.69) is 35.8 Å². The van der Waals surface area contributed by atoms with Gasteiger partial charge in [0.05, 0.1) is 13.2 Å². The lowest BCUT2D eigenvalue weighted by Crippen LogP contribution is -2.37. The molecule has 18 heavy (non-hydrogen) atoms. The van der Waals surface area contributed by atoms with Gasteiger partial charge in [0.1, 0.15) is 13.7 Å². The van der Waals surface area contributed by atoms with Gasteiger partial charge in [-0.2, -0.15) is 0 Å². The van der Waals surface area contributed by atoms with Crippen LogP contribution in [0.25, 0.3) is 0 Å². The fourth-order valence-corrected chi connectivity index (χ4v) is 2.36. The normalized spacial score (nSPS) is 27.9. The number of rotatable bonds is 1. The van der Waals surface area contributed by atoms with Gasteiger partial charge in [0, 0.05) is 18.4 Å². The Hall–Kier alpha value is -1.09. The molecule has 0 bridgehead atoms. The average molecular weight is 268 g/mol. The van der Waals surface area contributed by atoms with Crippen LogP contribution >= 0.6 is 0 Å². The van der Waals surface area contributed by atoms with Crippen molar-refractivity contribution in [3.63, 3.8) is 0 Å². The second kappa shape index (κ2) is 5.27. The molecule has 1 aliphatic rings. The van der Waals surface area contributed by atoms with Gasteiger partial charge in [0.2, 0.25) is 0 Å². The third-order valence-corrected chi connectivity index (χ3v) is 3.42. The maximum Gasteiger partial charge on any atom is 0.333 e. The number of hydrogen-bond donors (Lipinski definition) is 2. The molecule has 0 aromatic heterocycles. The Labute approximate surface area is 109 Å². The maximum atomic E-state index is 11.4. The lowest BCUT2D eigenvalue weighted by atomic mass is 9.84. The second-order valence-corrected chi connectivity index (χ2v) is 10.4. The minimum Gasteiger partial charge on any atom is -0.466 e. The molecule has 0 heterocycles. The summed E-state index contributed by atoms with van der Waals surface area (Å²) < 4.78 is 4.61. The largest absolute Gasteiger partial charge is 0.466 e. The zero-order valence-electron chi connectivity index (χ0n) is 11.3. The first-order valence-electron chi connectivity index (χ1n) is 5.89. The van der Waals surface area contributed by atoms with Gasteiger partial charge in [-0.25, -0.2) is 4.79 Å². The molecular weight excluding hydrogens is 248 g/mol. The SMILES string of the molecule is COC(=O)C1=CC(O)CC(O)(C#C[Si](C)(C)C)C1. The molecule has 0 saturated carbocycles. The van der Waals surface area contributed by atoms with Gasteiger partial charge in [-0.1, -0.05) is 25.6 Å². The second-order valence-electron chi connectivity index (χ2n) is 5.66. The standard InChI is InChI=1S/C13H20O4Si/c1-17-12(15)10-7-11(14)9-13(16,8-10)5-6-18(2,3)4/h7,11,14,16H,8-9H2,1-4H3. The van der Waals surface area contributed by atoms with Crippen molar-refractivity contribution in [2.24, 2.45) is 0 Å². The molecule has 2 atom stereocenters. The monoisotopic (exact) mass is 268 g/mol. The van der Waals surface area contributed by atoms with E-state index in [0.717, 1.165) is 0 Å². The molecule has 4 nitrogen and oxygen atoms in total. The van der Waals surface area contributed by atoms with Crippen LogP contribution in [0.5, 0.6) is 0 Å². The highest BCUT2D eigenvalue weighted by atomic mass is 28.3. The highest BCUT2D eigenvalue weighted by Crippen LogP contribution is 2.28. The Kier molecular flexibility index (Phi) is 4.38. The minimum atomic E-state index is -1.61. The Morgan fingerprint density at radius 2 is 2.17 bits per heavy atom. The summed E-state index contributed by atoms with van der Waals surface area (Å²) in [5.74, 6) is 2.31. The van der Waals surface area contributed by atoms with E-state index >= 15 is 0 Å². The topological polar surface area (TPSA) is 66.8 Å². The van der Waals surface area contributed by atoms with Crippen LogP contribution in [0.4, 0.5) is 0 Å². The Morgan fingerprint density at radius 1 is 1.56 bits per heavy atom. The van der Waals surface area contributed by atoms with E-state index in [9.17, 15) is 15.0 Å². The number of carbonyl (C=O) groups excluding carboxylic acids is 1. The summed E-state index contributed by atoms with van der Waals surface area (Å²) in [4.78, 5) is 11.4. The molecule has 0 saturated heterocycles. The molecule has 2 unspecified atom stereocenters. The van der Waals surface area contributed by atoms with Crippen molar-refractivity contribution in [1.82, 2.24) is 0 Å².